The normalized spacial score (nSPS) is 26.1. The number of anilines is 2. The highest BCUT2D eigenvalue weighted by atomic mass is 16.5. The molecule has 0 aromatic carbocycles. The van der Waals surface area contributed by atoms with Crippen LogP contribution >= 0.6 is 0 Å². The van der Waals surface area contributed by atoms with E-state index >= 15 is 0 Å². The van der Waals surface area contributed by atoms with Crippen molar-refractivity contribution < 1.29 is 9.84 Å². The van der Waals surface area contributed by atoms with Crippen LogP contribution in [0.3, 0.4) is 0 Å². The van der Waals surface area contributed by atoms with E-state index in [4.69, 9.17) is 4.74 Å². The zero-order valence-corrected chi connectivity index (χ0v) is 11.7. The molecule has 2 saturated heterocycles. The second-order valence-electron chi connectivity index (χ2n) is 5.54. The van der Waals surface area contributed by atoms with E-state index in [2.05, 4.69) is 20.2 Å². The Labute approximate surface area is 119 Å². The van der Waals surface area contributed by atoms with Crippen LogP contribution in [0.4, 0.5) is 11.6 Å². The van der Waals surface area contributed by atoms with Gasteiger partial charge in [0.25, 0.3) is 0 Å². The van der Waals surface area contributed by atoms with Gasteiger partial charge in [0.2, 0.25) is 0 Å². The van der Waals surface area contributed by atoms with Crippen LogP contribution in [0.2, 0.25) is 0 Å². The lowest BCUT2D eigenvalue weighted by molar-refractivity contribution is 0.187. The number of aliphatic hydroxyl groups is 1. The van der Waals surface area contributed by atoms with Gasteiger partial charge in [0.15, 0.2) is 0 Å². The molecule has 6 nitrogen and oxygen atoms in total. The van der Waals surface area contributed by atoms with Gasteiger partial charge in [-0.3, -0.25) is 0 Å². The highest BCUT2D eigenvalue weighted by Crippen LogP contribution is 2.24. The maximum atomic E-state index is 9.40. The van der Waals surface area contributed by atoms with E-state index in [9.17, 15) is 5.11 Å². The van der Waals surface area contributed by atoms with Crippen molar-refractivity contribution in [3.8, 4) is 0 Å². The Bertz CT molecular complexity index is 437. The van der Waals surface area contributed by atoms with E-state index in [1.807, 2.05) is 6.07 Å². The molecule has 0 bridgehead atoms. The van der Waals surface area contributed by atoms with Crippen LogP contribution in [0.1, 0.15) is 19.3 Å². The van der Waals surface area contributed by atoms with Crippen molar-refractivity contribution in [2.24, 2.45) is 5.92 Å². The van der Waals surface area contributed by atoms with Gasteiger partial charge in [-0.1, -0.05) is 0 Å². The molecular formula is C14H22N4O2. The Kier molecular flexibility index (Phi) is 4.32. The van der Waals surface area contributed by atoms with Crippen molar-refractivity contribution in [2.45, 2.75) is 25.3 Å². The van der Waals surface area contributed by atoms with Gasteiger partial charge in [0.1, 0.15) is 18.0 Å². The van der Waals surface area contributed by atoms with Crippen LogP contribution in [0.25, 0.3) is 0 Å². The maximum Gasteiger partial charge on any atom is 0.134 e. The molecule has 0 amide bonds. The van der Waals surface area contributed by atoms with Gasteiger partial charge < -0.3 is 20.1 Å². The Morgan fingerprint density at radius 3 is 3.15 bits per heavy atom. The van der Waals surface area contributed by atoms with Crippen molar-refractivity contribution >= 4 is 11.6 Å². The monoisotopic (exact) mass is 278 g/mol. The molecular weight excluding hydrogens is 256 g/mol. The number of hydrogen-bond acceptors (Lipinski definition) is 6. The summed E-state index contributed by atoms with van der Waals surface area (Å²) in [6, 6.07) is 2.17. The van der Waals surface area contributed by atoms with Gasteiger partial charge in [-0.25, -0.2) is 9.97 Å². The summed E-state index contributed by atoms with van der Waals surface area (Å²) >= 11 is 0. The molecule has 0 radical (unpaired) electrons. The standard InChI is InChI=1S/C14H22N4O2/c19-8-12-2-1-4-18(12)14-6-13(16-10-17-14)15-7-11-3-5-20-9-11/h6,10-12,19H,1-5,7-9H2,(H,15,16,17)/t11-,12+/m0/s1. The molecule has 110 valence electrons. The van der Waals surface area contributed by atoms with Crippen LogP contribution in [0.15, 0.2) is 12.4 Å². The third-order valence-corrected chi connectivity index (χ3v) is 4.13. The molecule has 3 heterocycles. The Morgan fingerprint density at radius 1 is 1.40 bits per heavy atom. The van der Waals surface area contributed by atoms with Gasteiger partial charge in [-0.15, -0.1) is 0 Å². The summed E-state index contributed by atoms with van der Waals surface area (Å²) in [5.74, 6) is 2.33. The third kappa shape index (κ3) is 3.02. The first-order valence-corrected chi connectivity index (χ1v) is 7.38. The summed E-state index contributed by atoms with van der Waals surface area (Å²) in [5.41, 5.74) is 0. The van der Waals surface area contributed by atoms with Gasteiger partial charge in [0, 0.05) is 31.7 Å². The van der Waals surface area contributed by atoms with Gasteiger partial charge >= 0.3 is 0 Å². The lowest BCUT2D eigenvalue weighted by Gasteiger charge is -2.24. The maximum absolute atomic E-state index is 9.40. The lowest BCUT2D eigenvalue weighted by atomic mass is 10.1. The number of rotatable bonds is 5. The van der Waals surface area contributed by atoms with E-state index in [-0.39, 0.29) is 12.6 Å². The minimum atomic E-state index is 0.187. The molecule has 6 heteroatoms. The second kappa shape index (κ2) is 6.37. The average molecular weight is 278 g/mol. The molecule has 20 heavy (non-hydrogen) atoms. The van der Waals surface area contributed by atoms with Crippen LogP contribution in [-0.2, 0) is 4.74 Å². The number of nitrogens with one attached hydrogen (secondary N) is 1. The van der Waals surface area contributed by atoms with Gasteiger partial charge in [-0.2, -0.15) is 0 Å². The SMILES string of the molecule is OC[C@H]1CCCN1c1cc(NC[C@@H]2CCOC2)ncn1. The molecule has 0 spiro atoms. The van der Waals surface area contributed by atoms with E-state index in [0.29, 0.717) is 5.92 Å². The fourth-order valence-corrected chi connectivity index (χ4v) is 2.92. The fourth-order valence-electron chi connectivity index (χ4n) is 2.92. The Morgan fingerprint density at radius 2 is 2.35 bits per heavy atom. The fraction of sp³-hybridized carbons (Fsp3) is 0.714. The Hall–Kier alpha value is -1.40. The predicted molar refractivity (Wildman–Crippen MR) is 76.9 cm³/mol. The zero-order valence-electron chi connectivity index (χ0n) is 11.7. The summed E-state index contributed by atoms with van der Waals surface area (Å²) in [7, 11) is 0. The summed E-state index contributed by atoms with van der Waals surface area (Å²) in [6.07, 6.45) is 4.85. The number of ether oxygens (including phenoxy) is 1. The molecule has 2 N–H and O–H groups in total. The minimum Gasteiger partial charge on any atom is -0.394 e. The highest BCUT2D eigenvalue weighted by Gasteiger charge is 2.25. The van der Waals surface area contributed by atoms with Crippen molar-refractivity contribution in [1.29, 1.82) is 0 Å². The topological polar surface area (TPSA) is 70.5 Å². The quantitative estimate of drug-likeness (QED) is 0.833. The van der Waals surface area contributed by atoms with Crippen LogP contribution < -0.4 is 10.2 Å². The molecule has 2 fully saturated rings. The van der Waals surface area contributed by atoms with Crippen LogP contribution in [0, 0.1) is 5.92 Å². The summed E-state index contributed by atoms with van der Waals surface area (Å²) in [4.78, 5) is 10.8. The summed E-state index contributed by atoms with van der Waals surface area (Å²) in [5, 5.41) is 12.8. The van der Waals surface area contributed by atoms with E-state index < -0.39 is 0 Å². The first kappa shape index (κ1) is 13.6. The number of hydrogen-bond donors (Lipinski definition) is 2. The smallest absolute Gasteiger partial charge is 0.134 e. The number of aliphatic hydroxyl groups excluding tert-OH is 1. The largest absolute Gasteiger partial charge is 0.394 e. The molecule has 1 aromatic rings. The van der Waals surface area contributed by atoms with Crippen molar-refractivity contribution in [3.63, 3.8) is 0 Å². The molecule has 2 aliphatic heterocycles. The molecule has 2 atom stereocenters. The minimum absolute atomic E-state index is 0.187. The van der Waals surface area contributed by atoms with Gasteiger partial charge in [-0.05, 0) is 19.3 Å². The lowest BCUT2D eigenvalue weighted by Crippen LogP contribution is -2.32. The van der Waals surface area contributed by atoms with E-state index in [0.717, 1.165) is 57.2 Å². The molecule has 2 aliphatic rings. The Balaban J connectivity index is 1.63. The summed E-state index contributed by atoms with van der Waals surface area (Å²) in [6.45, 7) is 3.74. The van der Waals surface area contributed by atoms with E-state index in [1.165, 1.54) is 0 Å². The zero-order chi connectivity index (χ0) is 13.8. The highest BCUT2D eigenvalue weighted by molar-refractivity contribution is 5.49. The first-order chi connectivity index (χ1) is 9.86. The van der Waals surface area contributed by atoms with Crippen molar-refractivity contribution in [2.75, 3.05) is 43.1 Å². The van der Waals surface area contributed by atoms with E-state index in [1.54, 1.807) is 6.33 Å². The van der Waals surface area contributed by atoms with Crippen LogP contribution in [0.5, 0.6) is 0 Å². The molecule has 0 aliphatic carbocycles. The molecule has 3 rings (SSSR count). The molecule has 1 aromatic heterocycles. The third-order valence-electron chi connectivity index (χ3n) is 4.13. The van der Waals surface area contributed by atoms with Crippen molar-refractivity contribution in [1.82, 2.24) is 9.97 Å². The predicted octanol–water partition coefficient (Wildman–Crippen LogP) is 0.886. The second-order valence-corrected chi connectivity index (χ2v) is 5.54. The average Bonchev–Trinajstić information content (AvgIpc) is 3.16. The number of nitrogens with zero attached hydrogens (tertiary/aromatic N) is 3. The summed E-state index contributed by atoms with van der Waals surface area (Å²) < 4.78 is 5.37. The first-order valence-electron chi connectivity index (χ1n) is 7.38. The van der Waals surface area contributed by atoms with Crippen LogP contribution in [-0.4, -0.2) is 54.0 Å². The van der Waals surface area contributed by atoms with Gasteiger partial charge in [0.05, 0.1) is 19.3 Å². The molecule has 0 saturated carbocycles. The number of aromatic nitrogens is 2. The molecule has 0 unspecified atom stereocenters. The van der Waals surface area contributed by atoms with Crippen molar-refractivity contribution in [3.05, 3.63) is 12.4 Å².